The highest BCUT2D eigenvalue weighted by Crippen LogP contribution is 2.39. The van der Waals surface area contributed by atoms with Gasteiger partial charge in [-0.15, -0.1) is 0 Å². The lowest BCUT2D eigenvalue weighted by Gasteiger charge is -2.17. The van der Waals surface area contributed by atoms with Gasteiger partial charge >= 0.3 is 0 Å². The monoisotopic (exact) mass is 300 g/mol. The van der Waals surface area contributed by atoms with Crippen LogP contribution < -0.4 is 4.74 Å². The van der Waals surface area contributed by atoms with Crippen molar-refractivity contribution in [2.24, 2.45) is 0 Å². The van der Waals surface area contributed by atoms with Crippen molar-refractivity contribution in [1.82, 2.24) is 0 Å². The lowest BCUT2D eigenvalue weighted by atomic mass is 9.97. The zero-order valence-corrected chi connectivity index (χ0v) is 11.2. The van der Waals surface area contributed by atoms with Gasteiger partial charge in [0.05, 0.1) is 10.6 Å². The summed E-state index contributed by atoms with van der Waals surface area (Å²) < 4.78 is 19.8. The third-order valence-corrected chi connectivity index (χ3v) is 3.42. The summed E-state index contributed by atoms with van der Waals surface area (Å²) in [5, 5.41) is 0. The van der Waals surface area contributed by atoms with Gasteiger partial charge in [0.2, 0.25) is 0 Å². The average molecular weight is 301 g/mol. The molecule has 17 heavy (non-hydrogen) atoms. The second-order valence-electron chi connectivity index (χ2n) is 4.43. The molecule has 1 aliphatic rings. The van der Waals surface area contributed by atoms with Gasteiger partial charge in [0, 0.05) is 12.0 Å². The summed E-state index contributed by atoms with van der Waals surface area (Å²) in [6.07, 6.45) is 3.57. The Balaban J connectivity index is 2.34. The van der Waals surface area contributed by atoms with E-state index in [0.717, 1.165) is 24.7 Å². The Morgan fingerprint density at radius 2 is 2.29 bits per heavy atom. The van der Waals surface area contributed by atoms with Gasteiger partial charge in [-0.3, -0.25) is 0 Å². The van der Waals surface area contributed by atoms with E-state index in [9.17, 15) is 9.18 Å². The second-order valence-corrected chi connectivity index (χ2v) is 5.28. The largest absolute Gasteiger partial charge is 0.489 e. The lowest BCUT2D eigenvalue weighted by molar-refractivity contribution is -0.108. The van der Waals surface area contributed by atoms with Crippen molar-refractivity contribution in [1.29, 1.82) is 0 Å². The van der Waals surface area contributed by atoms with E-state index in [4.69, 9.17) is 4.74 Å². The summed E-state index contributed by atoms with van der Waals surface area (Å²) in [7, 11) is 0. The van der Waals surface area contributed by atoms with E-state index >= 15 is 0 Å². The van der Waals surface area contributed by atoms with E-state index in [0.29, 0.717) is 16.6 Å². The number of carbonyl (C=O) groups is 1. The Kier molecular flexibility index (Phi) is 3.82. The van der Waals surface area contributed by atoms with E-state index in [-0.39, 0.29) is 17.8 Å². The SMILES string of the molecule is CC(CC=O)c1cc(F)cc(Br)c1OC1CC1. The first-order chi connectivity index (χ1) is 8.11. The van der Waals surface area contributed by atoms with E-state index < -0.39 is 0 Å². The minimum atomic E-state index is -0.312. The number of halogens is 2. The normalized spacial score (nSPS) is 16.6. The fourth-order valence-electron chi connectivity index (χ4n) is 1.69. The highest BCUT2D eigenvalue weighted by atomic mass is 79.9. The molecule has 1 aromatic carbocycles. The Morgan fingerprint density at radius 3 is 2.88 bits per heavy atom. The van der Waals surface area contributed by atoms with Crippen molar-refractivity contribution in [3.63, 3.8) is 0 Å². The predicted molar refractivity (Wildman–Crippen MR) is 66.8 cm³/mol. The minimum Gasteiger partial charge on any atom is -0.489 e. The van der Waals surface area contributed by atoms with Gasteiger partial charge in [-0.2, -0.15) is 0 Å². The molecular weight excluding hydrogens is 287 g/mol. The number of hydrogen-bond donors (Lipinski definition) is 0. The van der Waals surface area contributed by atoms with Crippen LogP contribution in [0.15, 0.2) is 16.6 Å². The molecule has 0 bridgehead atoms. The number of benzene rings is 1. The van der Waals surface area contributed by atoms with Crippen LogP contribution in [-0.2, 0) is 4.79 Å². The van der Waals surface area contributed by atoms with Crippen LogP contribution in [0.25, 0.3) is 0 Å². The highest BCUT2D eigenvalue weighted by Gasteiger charge is 2.27. The van der Waals surface area contributed by atoms with Gasteiger partial charge in [-0.1, -0.05) is 6.92 Å². The van der Waals surface area contributed by atoms with E-state index in [2.05, 4.69) is 15.9 Å². The van der Waals surface area contributed by atoms with Crippen LogP contribution in [0.5, 0.6) is 5.75 Å². The molecule has 0 radical (unpaired) electrons. The predicted octanol–water partition coefficient (Wildman–Crippen LogP) is 3.82. The number of rotatable bonds is 5. The summed E-state index contributed by atoms with van der Waals surface area (Å²) in [6.45, 7) is 1.90. The summed E-state index contributed by atoms with van der Waals surface area (Å²) in [4.78, 5) is 10.6. The van der Waals surface area contributed by atoms with Gasteiger partial charge in [0.1, 0.15) is 17.9 Å². The average Bonchev–Trinajstić information content (AvgIpc) is 3.05. The zero-order valence-electron chi connectivity index (χ0n) is 9.58. The molecular formula is C13H14BrFO2. The molecule has 0 amide bonds. The summed E-state index contributed by atoms with van der Waals surface area (Å²) in [6, 6.07) is 2.85. The third-order valence-electron chi connectivity index (χ3n) is 2.83. The standard InChI is InChI=1S/C13H14BrFO2/c1-8(4-5-16)11-6-9(15)7-12(14)13(11)17-10-2-3-10/h5-8,10H,2-4H2,1H3. The van der Waals surface area contributed by atoms with Crippen LogP contribution in [0.3, 0.4) is 0 Å². The molecule has 0 saturated heterocycles. The first-order valence-corrected chi connectivity index (χ1v) is 6.50. The maximum Gasteiger partial charge on any atom is 0.137 e. The molecule has 0 heterocycles. The summed E-state index contributed by atoms with van der Waals surface area (Å²) in [5.74, 6) is 0.337. The number of ether oxygens (including phenoxy) is 1. The molecule has 1 fully saturated rings. The van der Waals surface area contributed by atoms with Gasteiger partial charge in [0.15, 0.2) is 0 Å². The van der Waals surface area contributed by atoms with Crippen LogP contribution in [-0.4, -0.2) is 12.4 Å². The third kappa shape index (κ3) is 3.06. The Hall–Kier alpha value is -0.900. The molecule has 0 N–H and O–H groups in total. The maximum absolute atomic E-state index is 13.4. The first kappa shape index (κ1) is 12.6. The molecule has 1 saturated carbocycles. The second kappa shape index (κ2) is 5.17. The smallest absolute Gasteiger partial charge is 0.137 e. The van der Waals surface area contributed by atoms with Gasteiger partial charge in [-0.05, 0) is 46.8 Å². The van der Waals surface area contributed by atoms with Crippen molar-refractivity contribution in [3.05, 3.63) is 28.0 Å². The van der Waals surface area contributed by atoms with E-state index in [1.54, 1.807) is 0 Å². The molecule has 0 aromatic heterocycles. The first-order valence-electron chi connectivity index (χ1n) is 5.71. The van der Waals surface area contributed by atoms with Crippen LogP contribution in [0.1, 0.15) is 37.7 Å². The highest BCUT2D eigenvalue weighted by molar-refractivity contribution is 9.10. The van der Waals surface area contributed by atoms with Crippen molar-refractivity contribution < 1.29 is 13.9 Å². The molecule has 2 nitrogen and oxygen atoms in total. The van der Waals surface area contributed by atoms with Crippen molar-refractivity contribution >= 4 is 22.2 Å². The maximum atomic E-state index is 13.4. The van der Waals surface area contributed by atoms with Crippen LogP contribution in [0.2, 0.25) is 0 Å². The molecule has 0 spiro atoms. The van der Waals surface area contributed by atoms with Gasteiger partial charge in [0.25, 0.3) is 0 Å². The molecule has 2 rings (SSSR count). The van der Waals surface area contributed by atoms with Crippen LogP contribution in [0.4, 0.5) is 4.39 Å². The fraction of sp³-hybridized carbons (Fsp3) is 0.462. The van der Waals surface area contributed by atoms with Crippen molar-refractivity contribution in [3.8, 4) is 5.75 Å². The van der Waals surface area contributed by atoms with E-state index in [1.165, 1.54) is 12.1 Å². The number of aldehydes is 1. The summed E-state index contributed by atoms with van der Waals surface area (Å²) >= 11 is 3.32. The molecule has 1 aromatic rings. The Morgan fingerprint density at radius 1 is 1.59 bits per heavy atom. The quantitative estimate of drug-likeness (QED) is 0.773. The van der Waals surface area contributed by atoms with Crippen LogP contribution >= 0.6 is 15.9 Å². The summed E-state index contributed by atoms with van der Waals surface area (Å²) in [5.41, 5.74) is 0.760. The fourth-order valence-corrected chi connectivity index (χ4v) is 2.24. The van der Waals surface area contributed by atoms with Crippen molar-refractivity contribution in [2.45, 2.75) is 38.2 Å². The number of hydrogen-bond acceptors (Lipinski definition) is 2. The zero-order chi connectivity index (χ0) is 12.4. The van der Waals surface area contributed by atoms with Gasteiger partial charge < -0.3 is 9.53 Å². The van der Waals surface area contributed by atoms with Gasteiger partial charge in [-0.25, -0.2) is 4.39 Å². The van der Waals surface area contributed by atoms with E-state index in [1.807, 2.05) is 6.92 Å². The molecule has 0 aliphatic heterocycles. The Bertz CT molecular complexity index is 430. The molecule has 1 atom stereocenters. The lowest BCUT2D eigenvalue weighted by Crippen LogP contribution is -2.04. The molecule has 92 valence electrons. The topological polar surface area (TPSA) is 26.3 Å². The number of carbonyl (C=O) groups excluding carboxylic acids is 1. The molecule has 1 unspecified atom stereocenters. The molecule has 4 heteroatoms. The van der Waals surface area contributed by atoms with Crippen molar-refractivity contribution in [2.75, 3.05) is 0 Å². The minimum absolute atomic E-state index is 0.0340. The Labute approximate surface area is 108 Å². The van der Waals surface area contributed by atoms with Crippen LogP contribution in [0, 0.1) is 5.82 Å². The molecule has 1 aliphatic carbocycles.